The minimum atomic E-state index is 0.0303. The third-order valence-electron chi connectivity index (χ3n) is 5.15. The van der Waals surface area contributed by atoms with Crippen LogP contribution in [0.15, 0.2) is 24.5 Å². The maximum atomic E-state index is 12.4. The van der Waals surface area contributed by atoms with Crippen molar-refractivity contribution in [2.24, 2.45) is 5.41 Å². The number of carbonyl (C=O) groups is 2. The molecule has 6 nitrogen and oxygen atoms in total. The molecule has 1 atom stereocenters. The number of carbonyl (C=O) groups excluding carboxylic acids is 2. The van der Waals surface area contributed by atoms with Crippen molar-refractivity contribution in [3.05, 3.63) is 30.1 Å². The predicted octanol–water partition coefficient (Wildman–Crippen LogP) is 1.46. The maximum absolute atomic E-state index is 12.4. The molecule has 130 valence electrons. The summed E-state index contributed by atoms with van der Waals surface area (Å²) in [6.07, 6.45) is 7.01. The van der Waals surface area contributed by atoms with Crippen LogP contribution in [0.1, 0.15) is 31.2 Å². The number of aromatic nitrogens is 1. The molecule has 0 saturated carbocycles. The van der Waals surface area contributed by atoms with Crippen LogP contribution in [0.3, 0.4) is 0 Å². The summed E-state index contributed by atoms with van der Waals surface area (Å²) in [4.78, 5) is 32.4. The number of ether oxygens (including phenoxy) is 1. The fraction of sp³-hybridized carbons (Fsp3) is 0.611. The van der Waals surface area contributed by atoms with Gasteiger partial charge in [0.05, 0.1) is 0 Å². The quantitative estimate of drug-likeness (QED) is 0.838. The summed E-state index contributed by atoms with van der Waals surface area (Å²) in [6, 6.07) is 3.90. The number of hydrogen-bond acceptors (Lipinski definition) is 4. The van der Waals surface area contributed by atoms with Gasteiger partial charge in [0.2, 0.25) is 11.8 Å². The van der Waals surface area contributed by atoms with Crippen LogP contribution in [0.5, 0.6) is 0 Å². The predicted molar refractivity (Wildman–Crippen MR) is 89.0 cm³/mol. The van der Waals surface area contributed by atoms with E-state index in [1.807, 2.05) is 21.9 Å². The highest BCUT2D eigenvalue weighted by Crippen LogP contribution is 2.39. The molecule has 1 aromatic heterocycles. The fourth-order valence-corrected chi connectivity index (χ4v) is 3.92. The molecule has 0 bridgehead atoms. The van der Waals surface area contributed by atoms with Crippen LogP contribution in [0.25, 0.3) is 0 Å². The first-order valence-electron chi connectivity index (χ1n) is 8.55. The van der Waals surface area contributed by atoms with Crippen molar-refractivity contribution in [1.82, 2.24) is 14.8 Å². The molecule has 0 radical (unpaired) electrons. The van der Waals surface area contributed by atoms with E-state index in [9.17, 15) is 9.59 Å². The van der Waals surface area contributed by atoms with Crippen molar-refractivity contribution in [1.29, 1.82) is 0 Å². The Morgan fingerprint density at radius 3 is 2.83 bits per heavy atom. The number of methoxy groups -OCH3 is 1. The smallest absolute Gasteiger partial charge is 0.248 e. The highest BCUT2D eigenvalue weighted by atomic mass is 16.5. The minimum Gasteiger partial charge on any atom is -0.375 e. The molecule has 2 aliphatic rings. The number of nitrogens with zero attached hydrogens (tertiary/aromatic N) is 3. The first-order valence-corrected chi connectivity index (χ1v) is 8.55. The van der Waals surface area contributed by atoms with E-state index in [0.29, 0.717) is 13.0 Å². The largest absolute Gasteiger partial charge is 0.375 e. The molecule has 3 heterocycles. The van der Waals surface area contributed by atoms with Crippen molar-refractivity contribution in [2.45, 2.75) is 32.2 Å². The average Bonchev–Trinajstić information content (AvgIpc) is 2.60. The molecule has 1 spiro atoms. The second kappa shape index (κ2) is 7.30. The van der Waals surface area contributed by atoms with Gasteiger partial charge < -0.3 is 14.5 Å². The molecule has 2 aliphatic heterocycles. The molecule has 24 heavy (non-hydrogen) atoms. The van der Waals surface area contributed by atoms with Gasteiger partial charge in [0.15, 0.2) is 0 Å². The summed E-state index contributed by atoms with van der Waals surface area (Å²) < 4.78 is 4.99. The van der Waals surface area contributed by atoms with Gasteiger partial charge in [-0.3, -0.25) is 14.6 Å². The van der Waals surface area contributed by atoms with Gasteiger partial charge in [-0.1, -0.05) is 0 Å². The highest BCUT2D eigenvalue weighted by Gasteiger charge is 2.42. The lowest BCUT2D eigenvalue weighted by Gasteiger charge is -2.48. The molecular weight excluding hydrogens is 306 g/mol. The van der Waals surface area contributed by atoms with Crippen LogP contribution in [-0.2, 0) is 20.9 Å². The lowest BCUT2D eigenvalue weighted by atomic mass is 9.73. The zero-order chi connectivity index (χ0) is 17.0. The second-order valence-electron chi connectivity index (χ2n) is 6.96. The van der Waals surface area contributed by atoms with E-state index in [4.69, 9.17) is 4.74 Å². The monoisotopic (exact) mass is 331 g/mol. The summed E-state index contributed by atoms with van der Waals surface area (Å²) in [5.41, 5.74) is 1.13. The van der Waals surface area contributed by atoms with E-state index in [1.54, 1.807) is 19.5 Å². The number of likely N-dealkylation sites (tertiary alicyclic amines) is 2. The minimum absolute atomic E-state index is 0.0303. The van der Waals surface area contributed by atoms with Crippen molar-refractivity contribution in [2.75, 3.05) is 33.4 Å². The van der Waals surface area contributed by atoms with Crippen LogP contribution in [0.4, 0.5) is 0 Å². The maximum Gasteiger partial charge on any atom is 0.248 e. The van der Waals surface area contributed by atoms with Gasteiger partial charge in [0, 0.05) is 57.5 Å². The molecule has 0 N–H and O–H groups in total. The Morgan fingerprint density at radius 1 is 1.29 bits per heavy atom. The molecule has 2 amide bonds. The molecule has 1 unspecified atom stereocenters. The number of pyridine rings is 1. The van der Waals surface area contributed by atoms with Gasteiger partial charge in [-0.05, 0) is 37.0 Å². The molecule has 3 rings (SSSR count). The lowest BCUT2D eigenvalue weighted by Crippen LogP contribution is -2.55. The van der Waals surface area contributed by atoms with E-state index >= 15 is 0 Å². The Hall–Kier alpha value is -1.95. The third-order valence-corrected chi connectivity index (χ3v) is 5.15. The summed E-state index contributed by atoms with van der Waals surface area (Å²) >= 11 is 0. The summed E-state index contributed by atoms with van der Waals surface area (Å²) in [5, 5.41) is 0. The first kappa shape index (κ1) is 16.9. The first-order chi connectivity index (χ1) is 11.6. The van der Waals surface area contributed by atoms with Gasteiger partial charge in [-0.15, -0.1) is 0 Å². The average molecular weight is 331 g/mol. The number of amides is 2. The molecular formula is C18H25N3O3. The Kier molecular flexibility index (Phi) is 5.14. The van der Waals surface area contributed by atoms with Gasteiger partial charge in [0.25, 0.3) is 0 Å². The summed E-state index contributed by atoms with van der Waals surface area (Å²) in [6.45, 7) is 3.01. The number of hydrogen-bond donors (Lipinski definition) is 0. The van der Waals surface area contributed by atoms with Crippen LogP contribution < -0.4 is 0 Å². The Balaban J connectivity index is 1.69. The fourth-order valence-electron chi connectivity index (χ4n) is 3.92. The van der Waals surface area contributed by atoms with Gasteiger partial charge in [0.1, 0.15) is 6.61 Å². The zero-order valence-electron chi connectivity index (χ0n) is 14.2. The van der Waals surface area contributed by atoms with Gasteiger partial charge >= 0.3 is 0 Å². The van der Waals surface area contributed by atoms with Crippen LogP contribution in [0, 0.1) is 5.41 Å². The molecule has 2 fully saturated rings. The Morgan fingerprint density at radius 2 is 2.08 bits per heavy atom. The second-order valence-corrected chi connectivity index (χ2v) is 6.96. The number of rotatable bonds is 4. The van der Waals surface area contributed by atoms with Crippen LogP contribution in [0.2, 0.25) is 0 Å². The molecule has 2 saturated heterocycles. The molecule has 6 heteroatoms. The lowest BCUT2D eigenvalue weighted by molar-refractivity contribution is -0.145. The summed E-state index contributed by atoms with van der Waals surface area (Å²) in [7, 11) is 1.55. The van der Waals surface area contributed by atoms with E-state index in [0.717, 1.165) is 44.5 Å². The number of piperidine rings is 2. The molecule has 0 aromatic carbocycles. The topological polar surface area (TPSA) is 62.7 Å². The Bertz CT molecular complexity index is 592. The van der Waals surface area contributed by atoms with E-state index < -0.39 is 0 Å². The van der Waals surface area contributed by atoms with Crippen molar-refractivity contribution in [3.63, 3.8) is 0 Å². The van der Waals surface area contributed by atoms with E-state index in [2.05, 4.69) is 4.98 Å². The van der Waals surface area contributed by atoms with Gasteiger partial charge in [-0.25, -0.2) is 0 Å². The third kappa shape index (κ3) is 3.75. The molecule has 0 aliphatic carbocycles. The molecule has 1 aromatic rings. The van der Waals surface area contributed by atoms with Crippen molar-refractivity contribution >= 4 is 11.8 Å². The highest BCUT2D eigenvalue weighted by molar-refractivity contribution is 5.78. The zero-order valence-corrected chi connectivity index (χ0v) is 14.2. The van der Waals surface area contributed by atoms with E-state index in [-0.39, 0.29) is 23.8 Å². The normalized spacial score (nSPS) is 24.5. The SMILES string of the molecule is COCC(=O)N1CCCC2(CCC(=O)N(Cc3ccncc3)C2)C1. The van der Waals surface area contributed by atoms with E-state index in [1.165, 1.54) is 0 Å². The standard InChI is InChI=1S/C18H25N3O3/c1-24-12-17(23)20-10-2-6-18(13-20)7-3-16(22)21(14-18)11-15-4-8-19-9-5-15/h4-5,8-9H,2-3,6-7,10-14H2,1H3. The van der Waals surface area contributed by atoms with Crippen LogP contribution in [-0.4, -0.2) is 59.9 Å². The summed E-state index contributed by atoms with van der Waals surface area (Å²) in [5.74, 6) is 0.256. The van der Waals surface area contributed by atoms with Gasteiger partial charge in [-0.2, -0.15) is 0 Å². The van der Waals surface area contributed by atoms with Crippen LogP contribution >= 0.6 is 0 Å². The Labute approximate surface area is 142 Å². The van der Waals surface area contributed by atoms with Crippen molar-refractivity contribution in [3.8, 4) is 0 Å². The van der Waals surface area contributed by atoms with Crippen molar-refractivity contribution < 1.29 is 14.3 Å².